The van der Waals surface area contributed by atoms with Gasteiger partial charge in [0.15, 0.2) is 0 Å². The highest BCUT2D eigenvalue weighted by molar-refractivity contribution is 4.73. The zero-order valence-corrected chi connectivity index (χ0v) is 11.2. The topological polar surface area (TPSA) is 26.7 Å². The summed E-state index contributed by atoms with van der Waals surface area (Å²) in [5.74, 6) is 0.648. The lowest BCUT2D eigenvalue weighted by Gasteiger charge is -2.31. The van der Waals surface area contributed by atoms with Gasteiger partial charge < -0.3 is 10.0 Å². The van der Waals surface area contributed by atoms with Crippen LogP contribution in [0.4, 0.5) is 0 Å². The molecule has 92 valence electrons. The third-order valence-electron chi connectivity index (χ3n) is 2.10. The molecule has 3 heteroatoms. The average molecular weight is 216 g/mol. The van der Waals surface area contributed by atoms with E-state index in [0.29, 0.717) is 5.92 Å². The Labute approximate surface area is 95.1 Å². The van der Waals surface area contributed by atoms with Crippen molar-refractivity contribution >= 4 is 0 Å². The molecule has 0 saturated carbocycles. The molecule has 0 aliphatic rings. The summed E-state index contributed by atoms with van der Waals surface area (Å²) in [6.45, 7) is 12.0. The lowest BCUT2D eigenvalue weighted by Crippen LogP contribution is -2.43. The van der Waals surface area contributed by atoms with Gasteiger partial charge in [0.2, 0.25) is 0 Å². The van der Waals surface area contributed by atoms with Gasteiger partial charge in [-0.15, -0.1) is 0 Å². The first kappa shape index (κ1) is 14.9. The van der Waals surface area contributed by atoms with Gasteiger partial charge in [0.05, 0.1) is 5.60 Å². The molecule has 0 aliphatic carbocycles. The molecule has 0 amide bonds. The minimum Gasteiger partial charge on any atom is -0.389 e. The fraction of sp³-hybridized carbons (Fsp3) is 1.00. The maximum atomic E-state index is 9.81. The summed E-state index contributed by atoms with van der Waals surface area (Å²) in [5.41, 5.74) is -0.596. The largest absolute Gasteiger partial charge is 0.389 e. The van der Waals surface area contributed by atoms with Crippen LogP contribution in [0.15, 0.2) is 0 Å². The monoisotopic (exact) mass is 216 g/mol. The molecule has 0 atom stereocenters. The Morgan fingerprint density at radius 1 is 1.13 bits per heavy atom. The van der Waals surface area contributed by atoms with Crippen molar-refractivity contribution in [3.05, 3.63) is 0 Å². The maximum Gasteiger partial charge on any atom is 0.0718 e. The van der Waals surface area contributed by atoms with Crippen LogP contribution < -0.4 is 0 Å². The Balaban J connectivity index is 4.07. The van der Waals surface area contributed by atoms with Crippen LogP contribution in [0.3, 0.4) is 0 Å². The highest BCUT2D eigenvalue weighted by Gasteiger charge is 2.18. The van der Waals surface area contributed by atoms with Gasteiger partial charge in [-0.1, -0.05) is 13.8 Å². The summed E-state index contributed by atoms with van der Waals surface area (Å²) >= 11 is 0. The SMILES string of the molecule is CC(C)CN(CCN(C)C)CC(C)(C)O. The maximum absolute atomic E-state index is 9.81. The van der Waals surface area contributed by atoms with E-state index in [1.54, 1.807) is 0 Å². The van der Waals surface area contributed by atoms with Crippen molar-refractivity contribution in [2.75, 3.05) is 40.3 Å². The highest BCUT2D eigenvalue weighted by Crippen LogP contribution is 2.07. The fourth-order valence-corrected chi connectivity index (χ4v) is 1.64. The van der Waals surface area contributed by atoms with Crippen LogP contribution in [0.25, 0.3) is 0 Å². The second-order valence-electron chi connectivity index (χ2n) is 5.74. The quantitative estimate of drug-likeness (QED) is 0.694. The average Bonchev–Trinajstić information content (AvgIpc) is 1.95. The van der Waals surface area contributed by atoms with Gasteiger partial charge in [0, 0.05) is 26.2 Å². The van der Waals surface area contributed by atoms with Crippen molar-refractivity contribution in [1.82, 2.24) is 9.80 Å². The minimum atomic E-state index is -0.596. The lowest BCUT2D eigenvalue weighted by molar-refractivity contribution is 0.0306. The van der Waals surface area contributed by atoms with Crippen molar-refractivity contribution in [1.29, 1.82) is 0 Å². The van der Waals surface area contributed by atoms with E-state index in [1.165, 1.54) is 0 Å². The first-order chi connectivity index (χ1) is 6.70. The Bertz CT molecular complexity index is 161. The minimum absolute atomic E-state index is 0.596. The number of likely N-dealkylation sites (N-methyl/N-ethyl adjacent to an activating group) is 1. The van der Waals surface area contributed by atoms with E-state index in [1.807, 2.05) is 13.8 Å². The van der Waals surface area contributed by atoms with E-state index in [4.69, 9.17) is 0 Å². The predicted octanol–water partition coefficient (Wildman–Crippen LogP) is 1.28. The van der Waals surface area contributed by atoms with Crippen LogP contribution in [-0.2, 0) is 0 Å². The Morgan fingerprint density at radius 2 is 1.67 bits per heavy atom. The van der Waals surface area contributed by atoms with Crippen molar-refractivity contribution in [3.8, 4) is 0 Å². The van der Waals surface area contributed by atoms with Crippen LogP contribution >= 0.6 is 0 Å². The molecule has 15 heavy (non-hydrogen) atoms. The first-order valence-corrected chi connectivity index (χ1v) is 5.80. The molecule has 0 aromatic rings. The number of aliphatic hydroxyl groups is 1. The van der Waals surface area contributed by atoms with E-state index in [2.05, 4.69) is 37.7 Å². The van der Waals surface area contributed by atoms with E-state index in [0.717, 1.165) is 26.2 Å². The van der Waals surface area contributed by atoms with Gasteiger partial charge in [-0.25, -0.2) is 0 Å². The number of hydrogen-bond donors (Lipinski definition) is 1. The molecule has 0 spiro atoms. The summed E-state index contributed by atoms with van der Waals surface area (Å²) < 4.78 is 0. The number of nitrogens with zero attached hydrogens (tertiary/aromatic N) is 2. The van der Waals surface area contributed by atoms with Gasteiger partial charge in [0.1, 0.15) is 0 Å². The molecule has 3 nitrogen and oxygen atoms in total. The zero-order valence-electron chi connectivity index (χ0n) is 11.2. The Morgan fingerprint density at radius 3 is 2.00 bits per heavy atom. The van der Waals surface area contributed by atoms with Crippen molar-refractivity contribution in [2.24, 2.45) is 5.92 Å². The summed E-state index contributed by atoms with van der Waals surface area (Å²) in [5, 5.41) is 9.81. The summed E-state index contributed by atoms with van der Waals surface area (Å²) in [4.78, 5) is 4.52. The summed E-state index contributed by atoms with van der Waals surface area (Å²) in [7, 11) is 4.16. The van der Waals surface area contributed by atoms with Gasteiger partial charge in [-0.05, 0) is 33.9 Å². The van der Waals surface area contributed by atoms with Crippen LogP contribution in [-0.4, -0.2) is 60.8 Å². The molecule has 0 aromatic heterocycles. The fourth-order valence-electron chi connectivity index (χ4n) is 1.64. The Hall–Kier alpha value is -0.120. The molecule has 0 unspecified atom stereocenters. The molecular weight excluding hydrogens is 188 g/mol. The highest BCUT2D eigenvalue weighted by atomic mass is 16.3. The number of hydrogen-bond acceptors (Lipinski definition) is 3. The van der Waals surface area contributed by atoms with Crippen molar-refractivity contribution in [3.63, 3.8) is 0 Å². The standard InChI is InChI=1S/C12H28N2O/c1-11(2)9-14(8-7-13(5)6)10-12(3,4)15/h11,15H,7-10H2,1-6H3. The van der Waals surface area contributed by atoms with Crippen molar-refractivity contribution in [2.45, 2.75) is 33.3 Å². The van der Waals surface area contributed by atoms with Crippen molar-refractivity contribution < 1.29 is 5.11 Å². The first-order valence-electron chi connectivity index (χ1n) is 5.80. The molecular formula is C12H28N2O. The molecule has 0 rings (SSSR count). The van der Waals surface area contributed by atoms with E-state index >= 15 is 0 Å². The summed E-state index contributed by atoms with van der Waals surface area (Å²) in [6.07, 6.45) is 0. The molecule has 0 aromatic carbocycles. The second kappa shape index (κ2) is 6.46. The smallest absolute Gasteiger partial charge is 0.0718 e. The van der Waals surface area contributed by atoms with Gasteiger partial charge >= 0.3 is 0 Å². The van der Waals surface area contributed by atoms with Gasteiger partial charge in [-0.3, -0.25) is 4.90 Å². The number of rotatable bonds is 7. The Kier molecular flexibility index (Phi) is 6.41. The normalized spacial score (nSPS) is 13.2. The second-order valence-corrected chi connectivity index (χ2v) is 5.74. The molecule has 1 N–H and O–H groups in total. The molecule has 0 heterocycles. The molecule has 0 saturated heterocycles. The van der Waals surface area contributed by atoms with Crippen LogP contribution in [0.2, 0.25) is 0 Å². The third kappa shape index (κ3) is 10.2. The van der Waals surface area contributed by atoms with E-state index < -0.39 is 5.60 Å². The third-order valence-corrected chi connectivity index (χ3v) is 2.10. The lowest BCUT2D eigenvalue weighted by atomic mass is 10.1. The summed E-state index contributed by atoms with van der Waals surface area (Å²) in [6, 6.07) is 0. The molecule has 0 bridgehead atoms. The van der Waals surface area contributed by atoms with Crippen LogP contribution in [0.1, 0.15) is 27.7 Å². The zero-order chi connectivity index (χ0) is 12.1. The van der Waals surface area contributed by atoms with Crippen LogP contribution in [0, 0.1) is 5.92 Å². The van der Waals surface area contributed by atoms with E-state index in [9.17, 15) is 5.11 Å². The molecule has 0 aliphatic heterocycles. The molecule has 0 fully saturated rings. The van der Waals surface area contributed by atoms with Crippen LogP contribution in [0.5, 0.6) is 0 Å². The van der Waals surface area contributed by atoms with Gasteiger partial charge in [0.25, 0.3) is 0 Å². The van der Waals surface area contributed by atoms with Gasteiger partial charge in [-0.2, -0.15) is 0 Å². The predicted molar refractivity (Wildman–Crippen MR) is 66.1 cm³/mol. The molecule has 0 radical (unpaired) electrons. The van der Waals surface area contributed by atoms with E-state index in [-0.39, 0.29) is 0 Å².